The molecule has 1 saturated heterocycles. The first-order valence-corrected chi connectivity index (χ1v) is 10.1. The maximum absolute atomic E-state index is 5.78. The van der Waals surface area contributed by atoms with Crippen molar-refractivity contribution in [1.82, 2.24) is 15.5 Å². The summed E-state index contributed by atoms with van der Waals surface area (Å²) in [5.74, 6) is 1.58. The van der Waals surface area contributed by atoms with E-state index in [0.717, 1.165) is 77.8 Å². The van der Waals surface area contributed by atoms with Gasteiger partial charge in [-0.15, -0.1) is 0 Å². The molecule has 148 valence electrons. The van der Waals surface area contributed by atoms with Crippen LogP contribution in [-0.4, -0.2) is 77.1 Å². The van der Waals surface area contributed by atoms with Gasteiger partial charge in [0.25, 0.3) is 0 Å². The zero-order valence-electron chi connectivity index (χ0n) is 16.7. The molecule has 6 nitrogen and oxygen atoms in total. The summed E-state index contributed by atoms with van der Waals surface area (Å²) in [6, 6.07) is 0. The second-order valence-corrected chi connectivity index (χ2v) is 6.64. The molecule has 0 amide bonds. The molecule has 6 heteroatoms. The van der Waals surface area contributed by atoms with Gasteiger partial charge in [-0.3, -0.25) is 4.99 Å². The number of hydrogen-bond donors (Lipinski definition) is 2. The average molecular weight is 357 g/mol. The van der Waals surface area contributed by atoms with E-state index in [0.29, 0.717) is 5.92 Å². The molecule has 1 rings (SSSR count). The minimum Gasteiger partial charge on any atom is -0.381 e. The summed E-state index contributed by atoms with van der Waals surface area (Å²) >= 11 is 0. The van der Waals surface area contributed by atoms with Gasteiger partial charge in [-0.2, -0.15) is 0 Å². The number of guanidine groups is 1. The summed E-state index contributed by atoms with van der Waals surface area (Å²) in [6.45, 7) is 13.3. The van der Waals surface area contributed by atoms with Crippen LogP contribution in [0.2, 0.25) is 0 Å². The Morgan fingerprint density at radius 3 is 2.40 bits per heavy atom. The third kappa shape index (κ3) is 11.4. The van der Waals surface area contributed by atoms with E-state index in [1.54, 1.807) is 0 Å². The molecule has 2 N–H and O–H groups in total. The zero-order chi connectivity index (χ0) is 18.2. The fourth-order valence-corrected chi connectivity index (χ4v) is 2.97. The number of hydrogen-bond acceptors (Lipinski definition) is 4. The highest BCUT2D eigenvalue weighted by Gasteiger charge is 2.13. The van der Waals surface area contributed by atoms with Gasteiger partial charge in [-0.25, -0.2) is 0 Å². The Hall–Kier alpha value is -0.850. The number of rotatable bonds is 13. The summed E-state index contributed by atoms with van der Waals surface area (Å²) in [4.78, 5) is 6.74. The van der Waals surface area contributed by atoms with E-state index in [2.05, 4.69) is 34.4 Å². The van der Waals surface area contributed by atoms with Crippen LogP contribution in [0.1, 0.15) is 46.0 Å². The zero-order valence-corrected chi connectivity index (χ0v) is 16.7. The van der Waals surface area contributed by atoms with Crippen molar-refractivity contribution < 1.29 is 9.47 Å². The van der Waals surface area contributed by atoms with Crippen LogP contribution in [0.3, 0.4) is 0 Å². The Kier molecular flexibility index (Phi) is 13.7. The monoisotopic (exact) mass is 356 g/mol. The maximum atomic E-state index is 5.78. The van der Waals surface area contributed by atoms with Gasteiger partial charge >= 0.3 is 0 Å². The van der Waals surface area contributed by atoms with Gasteiger partial charge in [0, 0.05) is 46.6 Å². The molecule has 1 aliphatic heterocycles. The van der Waals surface area contributed by atoms with Crippen molar-refractivity contribution >= 4 is 5.96 Å². The standard InChI is InChI=1S/C19H40N4O2/c1-4-23(5-2)13-7-6-11-21-19(20-3)22-12-8-14-25-17-18-9-15-24-16-10-18/h18H,4-17H2,1-3H3,(H2,20,21,22). The van der Waals surface area contributed by atoms with Gasteiger partial charge in [0.15, 0.2) is 5.96 Å². The Bertz CT molecular complexity index is 329. The predicted molar refractivity (Wildman–Crippen MR) is 105 cm³/mol. The van der Waals surface area contributed by atoms with Crippen molar-refractivity contribution in [2.45, 2.75) is 46.0 Å². The second kappa shape index (κ2) is 15.4. The topological polar surface area (TPSA) is 58.1 Å². The molecule has 0 spiro atoms. The molecule has 25 heavy (non-hydrogen) atoms. The Morgan fingerprint density at radius 2 is 1.76 bits per heavy atom. The number of ether oxygens (including phenoxy) is 2. The summed E-state index contributed by atoms with van der Waals surface area (Å²) in [5, 5.41) is 6.75. The fraction of sp³-hybridized carbons (Fsp3) is 0.947. The van der Waals surface area contributed by atoms with Gasteiger partial charge in [0.05, 0.1) is 0 Å². The number of unbranched alkanes of at least 4 members (excludes halogenated alkanes) is 1. The SMILES string of the molecule is CCN(CC)CCCCNC(=NC)NCCCOCC1CCOCC1. The Balaban J connectivity index is 1.93. The molecule has 1 fully saturated rings. The van der Waals surface area contributed by atoms with Crippen LogP contribution >= 0.6 is 0 Å². The first-order chi connectivity index (χ1) is 12.3. The summed E-state index contributed by atoms with van der Waals surface area (Å²) in [7, 11) is 1.83. The lowest BCUT2D eigenvalue weighted by molar-refractivity contribution is 0.0203. The summed E-state index contributed by atoms with van der Waals surface area (Å²) in [5.41, 5.74) is 0. The van der Waals surface area contributed by atoms with Crippen molar-refractivity contribution in [3.63, 3.8) is 0 Å². The molecule has 0 saturated carbocycles. The molecular weight excluding hydrogens is 316 g/mol. The second-order valence-electron chi connectivity index (χ2n) is 6.64. The summed E-state index contributed by atoms with van der Waals surface area (Å²) in [6.07, 6.45) is 5.69. The van der Waals surface area contributed by atoms with Crippen LogP contribution in [0.4, 0.5) is 0 Å². The van der Waals surface area contributed by atoms with Gasteiger partial charge in [-0.1, -0.05) is 13.8 Å². The molecule has 0 radical (unpaired) electrons. The normalized spacial score (nSPS) is 16.4. The average Bonchev–Trinajstić information content (AvgIpc) is 2.66. The molecule has 0 aromatic heterocycles. The van der Waals surface area contributed by atoms with Crippen molar-refractivity contribution in [2.75, 3.05) is 66.2 Å². The minimum atomic E-state index is 0.687. The molecule has 0 bridgehead atoms. The highest BCUT2D eigenvalue weighted by Crippen LogP contribution is 2.14. The van der Waals surface area contributed by atoms with E-state index in [1.807, 2.05) is 7.05 Å². The quantitative estimate of drug-likeness (QED) is 0.301. The Morgan fingerprint density at radius 1 is 1.08 bits per heavy atom. The molecule has 0 unspecified atom stereocenters. The number of aliphatic imine (C=N–C) groups is 1. The lowest BCUT2D eigenvalue weighted by Gasteiger charge is -2.21. The van der Waals surface area contributed by atoms with Gasteiger partial charge in [0.2, 0.25) is 0 Å². The first kappa shape index (κ1) is 22.2. The molecule has 1 aliphatic rings. The Labute approximate surface area is 154 Å². The molecule has 0 aromatic carbocycles. The van der Waals surface area contributed by atoms with E-state index in [9.17, 15) is 0 Å². The largest absolute Gasteiger partial charge is 0.381 e. The molecule has 0 aromatic rings. The molecular formula is C19H40N4O2. The van der Waals surface area contributed by atoms with E-state index < -0.39 is 0 Å². The van der Waals surface area contributed by atoms with E-state index >= 15 is 0 Å². The fourth-order valence-electron chi connectivity index (χ4n) is 2.97. The van der Waals surface area contributed by atoms with E-state index in [1.165, 1.54) is 19.4 Å². The maximum Gasteiger partial charge on any atom is 0.190 e. The van der Waals surface area contributed by atoms with Crippen LogP contribution in [0.15, 0.2) is 4.99 Å². The van der Waals surface area contributed by atoms with Gasteiger partial charge < -0.3 is 25.0 Å². The lowest BCUT2D eigenvalue weighted by Crippen LogP contribution is -2.38. The van der Waals surface area contributed by atoms with Crippen LogP contribution in [0.5, 0.6) is 0 Å². The highest BCUT2D eigenvalue weighted by atomic mass is 16.5. The van der Waals surface area contributed by atoms with E-state index in [4.69, 9.17) is 9.47 Å². The number of nitrogens with one attached hydrogen (secondary N) is 2. The lowest BCUT2D eigenvalue weighted by atomic mass is 10.0. The van der Waals surface area contributed by atoms with Crippen LogP contribution in [0.25, 0.3) is 0 Å². The van der Waals surface area contributed by atoms with Crippen molar-refractivity contribution in [1.29, 1.82) is 0 Å². The third-order valence-electron chi connectivity index (χ3n) is 4.76. The predicted octanol–water partition coefficient (Wildman–Crippen LogP) is 2.11. The molecule has 0 aliphatic carbocycles. The number of nitrogens with zero attached hydrogens (tertiary/aromatic N) is 2. The van der Waals surface area contributed by atoms with Gasteiger partial charge in [-0.05, 0) is 57.7 Å². The van der Waals surface area contributed by atoms with Crippen LogP contribution < -0.4 is 10.6 Å². The summed E-state index contributed by atoms with van der Waals surface area (Å²) < 4.78 is 11.2. The third-order valence-corrected chi connectivity index (χ3v) is 4.76. The van der Waals surface area contributed by atoms with Crippen LogP contribution in [-0.2, 0) is 9.47 Å². The van der Waals surface area contributed by atoms with Crippen LogP contribution in [0, 0.1) is 5.92 Å². The smallest absolute Gasteiger partial charge is 0.190 e. The molecule has 0 atom stereocenters. The van der Waals surface area contributed by atoms with Crippen molar-refractivity contribution in [3.8, 4) is 0 Å². The van der Waals surface area contributed by atoms with Gasteiger partial charge in [0.1, 0.15) is 0 Å². The molecule has 1 heterocycles. The van der Waals surface area contributed by atoms with E-state index in [-0.39, 0.29) is 0 Å². The van der Waals surface area contributed by atoms with Crippen molar-refractivity contribution in [2.24, 2.45) is 10.9 Å². The van der Waals surface area contributed by atoms with Crippen molar-refractivity contribution in [3.05, 3.63) is 0 Å². The minimum absolute atomic E-state index is 0.687. The highest BCUT2D eigenvalue weighted by molar-refractivity contribution is 5.79. The first-order valence-electron chi connectivity index (χ1n) is 10.1.